The van der Waals surface area contributed by atoms with Crippen LogP contribution in [0.5, 0.6) is 0 Å². The lowest BCUT2D eigenvalue weighted by Gasteiger charge is -2.12. The standard InChI is InChI=1S/C8H13ClN2O2/c1-5(4-9)7(12)11-6-2-3-10-8(6)13/h5-6H,2-4H2,1H3,(H,10,13)(H,11,12). The molecule has 13 heavy (non-hydrogen) atoms. The normalized spacial score (nSPS) is 23.8. The fraction of sp³-hybridized carbons (Fsp3) is 0.750. The molecule has 1 heterocycles. The lowest BCUT2D eigenvalue weighted by atomic mass is 10.1. The smallest absolute Gasteiger partial charge is 0.242 e. The molecule has 0 radical (unpaired) electrons. The van der Waals surface area contributed by atoms with Crippen molar-refractivity contribution in [2.24, 2.45) is 5.92 Å². The summed E-state index contributed by atoms with van der Waals surface area (Å²) in [6, 6.07) is -0.363. The van der Waals surface area contributed by atoms with Crippen molar-refractivity contribution < 1.29 is 9.59 Å². The molecule has 1 fully saturated rings. The second-order valence-electron chi connectivity index (χ2n) is 3.20. The molecule has 2 amide bonds. The third-order valence-corrected chi connectivity index (χ3v) is 2.51. The Morgan fingerprint density at radius 2 is 2.54 bits per heavy atom. The molecule has 2 N–H and O–H groups in total. The van der Waals surface area contributed by atoms with E-state index >= 15 is 0 Å². The van der Waals surface area contributed by atoms with Crippen molar-refractivity contribution in [1.82, 2.24) is 10.6 Å². The summed E-state index contributed by atoms with van der Waals surface area (Å²) in [5.41, 5.74) is 0. The average Bonchev–Trinajstić information content (AvgIpc) is 2.50. The Labute approximate surface area is 82.0 Å². The van der Waals surface area contributed by atoms with Crippen LogP contribution in [0.3, 0.4) is 0 Å². The maximum absolute atomic E-state index is 11.3. The van der Waals surface area contributed by atoms with Crippen LogP contribution in [0.15, 0.2) is 0 Å². The molecular formula is C8H13ClN2O2. The average molecular weight is 205 g/mol. The molecule has 0 aromatic rings. The topological polar surface area (TPSA) is 58.2 Å². The molecule has 0 saturated carbocycles. The minimum Gasteiger partial charge on any atom is -0.354 e. The summed E-state index contributed by atoms with van der Waals surface area (Å²) in [7, 11) is 0. The van der Waals surface area contributed by atoms with Crippen LogP contribution in [0.25, 0.3) is 0 Å². The van der Waals surface area contributed by atoms with Crippen LogP contribution in [0.4, 0.5) is 0 Å². The number of hydrogen-bond donors (Lipinski definition) is 2. The first-order valence-electron chi connectivity index (χ1n) is 4.29. The molecule has 1 aliphatic heterocycles. The van der Waals surface area contributed by atoms with Crippen LogP contribution in [-0.4, -0.2) is 30.3 Å². The van der Waals surface area contributed by atoms with Gasteiger partial charge in [-0.25, -0.2) is 0 Å². The number of hydrogen-bond acceptors (Lipinski definition) is 2. The van der Waals surface area contributed by atoms with E-state index < -0.39 is 0 Å². The molecule has 1 rings (SSSR count). The van der Waals surface area contributed by atoms with E-state index in [1.165, 1.54) is 0 Å². The van der Waals surface area contributed by atoms with Gasteiger partial charge in [-0.2, -0.15) is 0 Å². The minimum atomic E-state index is -0.363. The predicted octanol–water partition coefficient (Wildman–Crippen LogP) is -0.134. The second-order valence-corrected chi connectivity index (χ2v) is 3.50. The Hall–Kier alpha value is -0.770. The van der Waals surface area contributed by atoms with Gasteiger partial charge in [0, 0.05) is 18.3 Å². The van der Waals surface area contributed by atoms with Crippen LogP contribution < -0.4 is 10.6 Å². The van der Waals surface area contributed by atoms with Crippen molar-refractivity contribution in [3.05, 3.63) is 0 Å². The van der Waals surface area contributed by atoms with Gasteiger partial charge in [-0.15, -0.1) is 11.6 Å². The highest BCUT2D eigenvalue weighted by Crippen LogP contribution is 2.03. The first-order chi connectivity index (χ1) is 6.15. The molecule has 1 aliphatic rings. The number of carbonyl (C=O) groups excluding carboxylic acids is 2. The molecule has 1 saturated heterocycles. The van der Waals surface area contributed by atoms with Crippen LogP contribution in [0.2, 0.25) is 0 Å². The Morgan fingerprint density at radius 3 is 3.00 bits per heavy atom. The van der Waals surface area contributed by atoms with E-state index in [0.29, 0.717) is 13.0 Å². The molecule has 2 atom stereocenters. The zero-order valence-electron chi connectivity index (χ0n) is 7.47. The Bertz CT molecular complexity index is 220. The van der Waals surface area contributed by atoms with Crippen molar-refractivity contribution in [1.29, 1.82) is 0 Å². The highest BCUT2D eigenvalue weighted by molar-refractivity contribution is 6.19. The van der Waals surface area contributed by atoms with E-state index in [-0.39, 0.29) is 29.7 Å². The maximum Gasteiger partial charge on any atom is 0.242 e. The summed E-state index contributed by atoms with van der Waals surface area (Å²) < 4.78 is 0. The first kappa shape index (κ1) is 10.3. The Morgan fingerprint density at radius 1 is 1.85 bits per heavy atom. The zero-order valence-corrected chi connectivity index (χ0v) is 8.23. The van der Waals surface area contributed by atoms with Crippen molar-refractivity contribution in [3.63, 3.8) is 0 Å². The molecular weight excluding hydrogens is 192 g/mol. The summed E-state index contributed by atoms with van der Waals surface area (Å²) >= 11 is 5.51. The zero-order chi connectivity index (χ0) is 9.84. The SMILES string of the molecule is CC(CCl)C(=O)NC1CCNC1=O. The third-order valence-electron chi connectivity index (χ3n) is 2.04. The molecule has 5 heteroatoms. The van der Waals surface area contributed by atoms with E-state index in [1.54, 1.807) is 6.92 Å². The summed E-state index contributed by atoms with van der Waals surface area (Å²) in [5, 5.41) is 5.29. The highest BCUT2D eigenvalue weighted by atomic mass is 35.5. The highest BCUT2D eigenvalue weighted by Gasteiger charge is 2.26. The summed E-state index contributed by atoms with van der Waals surface area (Å²) in [6.45, 7) is 2.37. The van der Waals surface area contributed by atoms with E-state index in [4.69, 9.17) is 11.6 Å². The van der Waals surface area contributed by atoms with Gasteiger partial charge in [-0.05, 0) is 6.42 Å². The molecule has 0 bridgehead atoms. The van der Waals surface area contributed by atoms with Crippen LogP contribution >= 0.6 is 11.6 Å². The fourth-order valence-electron chi connectivity index (χ4n) is 1.12. The van der Waals surface area contributed by atoms with Gasteiger partial charge >= 0.3 is 0 Å². The lowest BCUT2D eigenvalue weighted by molar-refractivity contribution is -0.129. The minimum absolute atomic E-state index is 0.102. The predicted molar refractivity (Wildman–Crippen MR) is 49.4 cm³/mol. The van der Waals surface area contributed by atoms with Crippen molar-refractivity contribution in [3.8, 4) is 0 Å². The third kappa shape index (κ3) is 2.59. The van der Waals surface area contributed by atoms with Crippen LogP contribution in [0, 0.1) is 5.92 Å². The van der Waals surface area contributed by atoms with E-state index in [0.717, 1.165) is 0 Å². The molecule has 4 nitrogen and oxygen atoms in total. The summed E-state index contributed by atoms with van der Waals surface area (Å²) in [5.74, 6) is -0.220. The largest absolute Gasteiger partial charge is 0.354 e. The van der Waals surface area contributed by atoms with Crippen molar-refractivity contribution in [2.45, 2.75) is 19.4 Å². The Balaban J connectivity index is 2.39. The van der Waals surface area contributed by atoms with Gasteiger partial charge in [0.05, 0.1) is 0 Å². The summed E-state index contributed by atoms with van der Waals surface area (Å²) in [4.78, 5) is 22.4. The number of amides is 2. The van der Waals surface area contributed by atoms with Gasteiger partial charge < -0.3 is 10.6 Å². The van der Waals surface area contributed by atoms with Gasteiger partial charge in [0.2, 0.25) is 11.8 Å². The molecule has 0 aromatic carbocycles. The first-order valence-corrected chi connectivity index (χ1v) is 4.82. The maximum atomic E-state index is 11.3. The molecule has 0 aliphatic carbocycles. The quantitative estimate of drug-likeness (QED) is 0.629. The van der Waals surface area contributed by atoms with Crippen LogP contribution in [-0.2, 0) is 9.59 Å². The number of nitrogens with one attached hydrogen (secondary N) is 2. The fourth-order valence-corrected chi connectivity index (χ4v) is 1.26. The van der Waals surface area contributed by atoms with Gasteiger partial charge in [-0.3, -0.25) is 9.59 Å². The monoisotopic (exact) mass is 204 g/mol. The summed E-state index contributed by atoms with van der Waals surface area (Å²) in [6.07, 6.45) is 0.666. The molecule has 74 valence electrons. The van der Waals surface area contributed by atoms with E-state index in [1.807, 2.05) is 0 Å². The van der Waals surface area contributed by atoms with Crippen LogP contribution in [0.1, 0.15) is 13.3 Å². The lowest BCUT2D eigenvalue weighted by Crippen LogP contribution is -2.42. The number of halogens is 1. The molecule has 0 spiro atoms. The van der Waals surface area contributed by atoms with Crippen molar-refractivity contribution in [2.75, 3.05) is 12.4 Å². The second kappa shape index (κ2) is 4.46. The van der Waals surface area contributed by atoms with Gasteiger partial charge in [0.15, 0.2) is 0 Å². The Kier molecular flexibility index (Phi) is 3.54. The van der Waals surface area contributed by atoms with Crippen molar-refractivity contribution >= 4 is 23.4 Å². The number of alkyl halides is 1. The van der Waals surface area contributed by atoms with E-state index in [2.05, 4.69) is 10.6 Å². The molecule has 2 unspecified atom stereocenters. The molecule has 0 aromatic heterocycles. The van der Waals surface area contributed by atoms with Gasteiger partial charge in [0.1, 0.15) is 6.04 Å². The van der Waals surface area contributed by atoms with Gasteiger partial charge in [-0.1, -0.05) is 6.92 Å². The number of rotatable bonds is 3. The van der Waals surface area contributed by atoms with Gasteiger partial charge in [0.25, 0.3) is 0 Å². The van der Waals surface area contributed by atoms with E-state index in [9.17, 15) is 9.59 Å². The number of carbonyl (C=O) groups is 2.